The second kappa shape index (κ2) is 6.24. The van der Waals surface area contributed by atoms with Crippen molar-refractivity contribution in [3.8, 4) is 0 Å². The molecule has 0 saturated carbocycles. The summed E-state index contributed by atoms with van der Waals surface area (Å²) in [4.78, 5) is 26.5. The van der Waals surface area contributed by atoms with Crippen molar-refractivity contribution in [3.63, 3.8) is 0 Å². The fourth-order valence-corrected chi connectivity index (χ4v) is 2.50. The number of pyridine rings is 1. The average Bonchev–Trinajstić information content (AvgIpc) is 2.56. The van der Waals surface area contributed by atoms with Gasteiger partial charge < -0.3 is 15.4 Å². The maximum Gasteiger partial charge on any atom is 0.257 e. The second-order valence-electron chi connectivity index (χ2n) is 5.03. The zero-order chi connectivity index (χ0) is 16.4. The average molecular weight is 329 g/mol. The smallest absolute Gasteiger partial charge is 0.257 e. The van der Waals surface area contributed by atoms with E-state index in [9.17, 15) is 14.7 Å². The molecule has 0 spiro atoms. The molecule has 6 heteroatoms. The van der Waals surface area contributed by atoms with E-state index in [1.807, 2.05) is 0 Å². The maximum atomic E-state index is 12.2. The number of halogens is 1. The third-order valence-electron chi connectivity index (χ3n) is 3.48. The molecule has 0 fully saturated rings. The minimum atomic E-state index is -1.30. The van der Waals surface area contributed by atoms with E-state index >= 15 is 0 Å². The number of hydrogen-bond donors (Lipinski definition) is 3. The molecule has 2 aromatic carbocycles. The van der Waals surface area contributed by atoms with Gasteiger partial charge in [0.15, 0.2) is 6.10 Å². The minimum Gasteiger partial charge on any atom is -0.378 e. The Hall–Kier alpha value is -2.63. The number of aliphatic hydroxyl groups excluding tert-OH is 1. The number of hydrogen-bond acceptors (Lipinski definition) is 3. The van der Waals surface area contributed by atoms with Gasteiger partial charge in [0.1, 0.15) is 0 Å². The van der Waals surface area contributed by atoms with E-state index < -0.39 is 12.0 Å². The van der Waals surface area contributed by atoms with Crippen LogP contribution < -0.4 is 10.9 Å². The Morgan fingerprint density at radius 3 is 2.65 bits per heavy atom. The Kier molecular flexibility index (Phi) is 4.14. The highest BCUT2D eigenvalue weighted by Crippen LogP contribution is 2.27. The summed E-state index contributed by atoms with van der Waals surface area (Å²) in [5, 5.41) is 14.0. The zero-order valence-electron chi connectivity index (χ0n) is 11.9. The Bertz CT molecular complexity index is 922. The molecule has 5 nitrogen and oxygen atoms in total. The van der Waals surface area contributed by atoms with Crippen molar-refractivity contribution in [1.82, 2.24) is 4.98 Å². The molecule has 0 bridgehead atoms. The highest BCUT2D eigenvalue weighted by molar-refractivity contribution is 6.34. The molecular formula is C17H13ClN2O3. The van der Waals surface area contributed by atoms with E-state index in [1.165, 1.54) is 12.3 Å². The van der Waals surface area contributed by atoms with Gasteiger partial charge in [-0.2, -0.15) is 0 Å². The first-order valence-corrected chi connectivity index (χ1v) is 7.29. The van der Waals surface area contributed by atoms with Crippen molar-refractivity contribution in [2.75, 3.05) is 5.32 Å². The van der Waals surface area contributed by atoms with Crippen molar-refractivity contribution >= 4 is 34.0 Å². The molecule has 0 aliphatic carbocycles. The number of nitrogens with one attached hydrogen (secondary N) is 2. The summed E-state index contributed by atoms with van der Waals surface area (Å²) in [6.07, 6.45) is 0.213. The van der Waals surface area contributed by atoms with Crippen molar-refractivity contribution < 1.29 is 9.90 Å². The third kappa shape index (κ3) is 3.11. The molecule has 3 N–H and O–H groups in total. The van der Waals surface area contributed by atoms with E-state index in [0.29, 0.717) is 22.0 Å². The van der Waals surface area contributed by atoms with Gasteiger partial charge in [-0.3, -0.25) is 9.59 Å². The summed E-state index contributed by atoms with van der Waals surface area (Å²) in [7, 11) is 0. The van der Waals surface area contributed by atoms with Crippen molar-refractivity contribution in [1.29, 1.82) is 0 Å². The molecular weight excluding hydrogens is 316 g/mol. The minimum absolute atomic E-state index is 0.225. The van der Waals surface area contributed by atoms with Crippen LogP contribution in [0.3, 0.4) is 0 Å². The van der Waals surface area contributed by atoms with Crippen LogP contribution in [-0.2, 0) is 4.79 Å². The number of carbonyl (C=O) groups is 1. The molecule has 3 aromatic rings. The van der Waals surface area contributed by atoms with E-state index in [2.05, 4.69) is 10.3 Å². The Morgan fingerprint density at radius 2 is 1.91 bits per heavy atom. The molecule has 0 radical (unpaired) electrons. The standard InChI is InChI=1S/C17H13ClN2O3/c18-13-9-12-11(6-7-19-16(12)22)8-14(13)20-17(23)15(21)10-4-2-1-3-5-10/h1-9,15,21H,(H,19,22)(H,20,23). The fourth-order valence-electron chi connectivity index (χ4n) is 2.29. The summed E-state index contributed by atoms with van der Waals surface area (Å²) in [5.74, 6) is -0.595. The summed E-state index contributed by atoms with van der Waals surface area (Å²) in [6.45, 7) is 0. The van der Waals surface area contributed by atoms with E-state index in [4.69, 9.17) is 11.6 Å². The first-order chi connectivity index (χ1) is 11.1. The maximum absolute atomic E-state index is 12.2. The summed E-state index contributed by atoms with van der Waals surface area (Å²) in [6, 6.07) is 13.4. The Balaban J connectivity index is 1.91. The van der Waals surface area contributed by atoms with E-state index in [0.717, 1.165) is 0 Å². The summed E-state index contributed by atoms with van der Waals surface area (Å²) >= 11 is 6.12. The zero-order valence-corrected chi connectivity index (χ0v) is 12.7. The van der Waals surface area contributed by atoms with Crippen molar-refractivity contribution in [2.24, 2.45) is 0 Å². The normalized spacial score (nSPS) is 12.1. The number of rotatable bonds is 3. The Morgan fingerprint density at radius 1 is 1.17 bits per heavy atom. The molecule has 0 saturated heterocycles. The SMILES string of the molecule is O=C(Nc1cc2cc[nH]c(=O)c2cc1Cl)C(O)c1ccccc1. The lowest BCUT2D eigenvalue weighted by Gasteiger charge is -2.13. The molecule has 0 aliphatic rings. The van der Waals surface area contributed by atoms with Gasteiger partial charge in [0.05, 0.1) is 10.7 Å². The van der Waals surface area contributed by atoms with Gasteiger partial charge in [0, 0.05) is 11.6 Å². The van der Waals surface area contributed by atoms with Gasteiger partial charge in [-0.05, 0) is 29.1 Å². The topological polar surface area (TPSA) is 82.2 Å². The molecule has 3 rings (SSSR count). The Labute approximate surface area is 136 Å². The van der Waals surface area contributed by atoms with E-state index in [1.54, 1.807) is 42.5 Å². The highest BCUT2D eigenvalue weighted by Gasteiger charge is 2.18. The third-order valence-corrected chi connectivity index (χ3v) is 3.80. The first-order valence-electron chi connectivity index (χ1n) is 6.91. The van der Waals surface area contributed by atoms with Crippen LogP contribution in [0, 0.1) is 0 Å². The van der Waals surface area contributed by atoms with Crippen LogP contribution in [0.15, 0.2) is 59.5 Å². The number of carbonyl (C=O) groups excluding carboxylic acids is 1. The first kappa shape index (κ1) is 15.3. The monoisotopic (exact) mass is 328 g/mol. The van der Waals surface area contributed by atoms with Crippen LogP contribution in [-0.4, -0.2) is 16.0 Å². The lowest BCUT2D eigenvalue weighted by Crippen LogP contribution is -2.21. The predicted octanol–water partition coefficient (Wildman–Crippen LogP) is 2.85. The van der Waals surface area contributed by atoms with Crippen molar-refractivity contribution in [3.05, 3.63) is 75.7 Å². The summed E-state index contributed by atoms with van der Waals surface area (Å²) in [5.41, 5.74) is 0.565. The summed E-state index contributed by atoms with van der Waals surface area (Å²) < 4.78 is 0. The lowest BCUT2D eigenvalue weighted by atomic mass is 10.1. The number of aliphatic hydroxyl groups is 1. The van der Waals surface area contributed by atoms with Gasteiger partial charge in [0.2, 0.25) is 0 Å². The van der Waals surface area contributed by atoms with Crippen LogP contribution in [0.2, 0.25) is 5.02 Å². The van der Waals surface area contributed by atoms with Gasteiger partial charge in [-0.15, -0.1) is 0 Å². The van der Waals surface area contributed by atoms with Crippen molar-refractivity contribution in [2.45, 2.75) is 6.10 Å². The molecule has 1 unspecified atom stereocenters. The number of fused-ring (bicyclic) bond motifs is 1. The number of anilines is 1. The predicted molar refractivity (Wildman–Crippen MR) is 89.6 cm³/mol. The van der Waals surface area contributed by atoms with Gasteiger partial charge in [0.25, 0.3) is 11.5 Å². The highest BCUT2D eigenvalue weighted by atomic mass is 35.5. The quantitative estimate of drug-likeness (QED) is 0.691. The number of aromatic amines is 1. The lowest BCUT2D eigenvalue weighted by molar-refractivity contribution is -0.124. The van der Waals surface area contributed by atoms with Crippen LogP contribution in [0.4, 0.5) is 5.69 Å². The molecule has 1 aromatic heterocycles. The van der Waals surface area contributed by atoms with Crippen LogP contribution >= 0.6 is 11.6 Å². The van der Waals surface area contributed by atoms with Crippen LogP contribution in [0.1, 0.15) is 11.7 Å². The molecule has 116 valence electrons. The van der Waals surface area contributed by atoms with Gasteiger partial charge >= 0.3 is 0 Å². The van der Waals surface area contributed by atoms with Crippen LogP contribution in [0.5, 0.6) is 0 Å². The van der Waals surface area contributed by atoms with Gasteiger partial charge in [-0.1, -0.05) is 41.9 Å². The number of benzene rings is 2. The molecule has 1 amide bonds. The number of aromatic nitrogens is 1. The molecule has 1 atom stereocenters. The number of amides is 1. The van der Waals surface area contributed by atoms with Gasteiger partial charge in [-0.25, -0.2) is 0 Å². The molecule has 0 aliphatic heterocycles. The van der Waals surface area contributed by atoms with E-state index in [-0.39, 0.29) is 10.6 Å². The van der Waals surface area contributed by atoms with Crippen LogP contribution in [0.25, 0.3) is 10.8 Å². The number of H-pyrrole nitrogens is 1. The fraction of sp³-hybridized carbons (Fsp3) is 0.0588. The largest absolute Gasteiger partial charge is 0.378 e. The molecule has 23 heavy (non-hydrogen) atoms. The molecule has 1 heterocycles. The second-order valence-corrected chi connectivity index (χ2v) is 5.44.